The molecule has 2 heteroatoms. The summed E-state index contributed by atoms with van der Waals surface area (Å²) in [6.45, 7) is 6.24. The molecule has 2 aromatic rings. The van der Waals surface area contributed by atoms with E-state index < -0.39 is 6.10 Å². The van der Waals surface area contributed by atoms with Crippen LogP contribution in [0.2, 0.25) is 0 Å². The van der Waals surface area contributed by atoms with Crippen molar-refractivity contribution in [2.24, 2.45) is 5.41 Å². The Bertz CT molecular complexity index is 549. The minimum absolute atomic E-state index is 0.120. The highest BCUT2D eigenvalue weighted by molar-refractivity contribution is 5.86. The molecule has 0 radical (unpaired) electrons. The number of methoxy groups -OCH3 is 1. The van der Waals surface area contributed by atoms with E-state index in [4.69, 9.17) is 4.74 Å². The first-order chi connectivity index (χ1) is 8.95. The molecule has 2 unspecified atom stereocenters. The molecule has 0 aliphatic rings. The number of aliphatic hydroxyl groups excluding tert-OH is 1. The van der Waals surface area contributed by atoms with Gasteiger partial charge in [0, 0.05) is 7.11 Å². The summed E-state index contributed by atoms with van der Waals surface area (Å²) in [7, 11) is 1.66. The summed E-state index contributed by atoms with van der Waals surface area (Å²) in [4.78, 5) is 0. The minimum atomic E-state index is -0.629. The smallest absolute Gasteiger partial charge is 0.106 e. The Balaban J connectivity index is 2.49. The zero-order valence-corrected chi connectivity index (χ0v) is 12.1. The lowest BCUT2D eigenvalue weighted by atomic mass is 9.82. The SMILES string of the molecule is COC(C(O)c1cccc2ccccc12)C(C)(C)C. The molecule has 0 aromatic heterocycles. The molecule has 1 N–H and O–H groups in total. The fourth-order valence-electron chi connectivity index (χ4n) is 2.63. The topological polar surface area (TPSA) is 29.5 Å². The molecule has 0 spiro atoms. The molecule has 19 heavy (non-hydrogen) atoms. The average Bonchev–Trinajstić information content (AvgIpc) is 2.37. The van der Waals surface area contributed by atoms with Crippen molar-refractivity contribution in [2.75, 3.05) is 7.11 Å². The van der Waals surface area contributed by atoms with Crippen LogP contribution in [0.1, 0.15) is 32.4 Å². The van der Waals surface area contributed by atoms with E-state index in [1.54, 1.807) is 7.11 Å². The predicted octanol–water partition coefficient (Wildman–Crippen LogP) is 3.93. The minimum Gasteiger partial charge on any atom is -0.386 e. The van der Waals surface area contributed by atoms with Crippen molar-refractivity contribution in [3.63, 3.8) is 0 Å². The van der Waals surface area contributed by atoms with Crippen LogP contribution in [0.25, 0.3) is 10.8 Å². The van der Waals surface area contributed by atoms with Crippen molar-refractivity contribution < 1.29 is 9.84 Å². The molecular formula is C17H22O2. The molecule has 0 aliphatic heterocycles. The second-order valence-corrected chi connectivity index (χ2v) is 6.04. The quantitative estimate of drug-likeness (QED) is 0.903. The highest BCUT2D eigenvalue weighted by atomic mass is 16.5. The normalized spacial score (nSPS) is 15.4. The zero-order valence-electron chi connectivity index (χ0n) is 12.1. The number of rotatable bonds is 3. The lowest BCUT2D eigenvalue weighted by Crippen LogP contribution is -2.34. The Labute approximate surface area is 115 Å². The maximum absolute atomic E-state index is 10.7. The summed E-state index contributed by atoms with van der Waals surface area (Å²) in [5.74, 6) is 0. The lowest BCUT2D eigenvalue weighted by Gasteiger charge is -2.33. The lowest BCUT2D eigenvalue weighted by molar-refractivity contribution is -0.0718. The van der Waals surface area contributed by atoms with Gasteiger partial charge < -0.3 is 9.84 Å². The van der Waals surface area contributed by atoms with Crippen LogP contribution in [0.4, 0.5) is 0 Å². The molecule has 0 saturated heterocycles. The van der Waals surface area contributed by atoms with E-state index >= 15 is 0 Å². The number of benzene rings is 2. The first-order valence-corrected chi connectivity index (χ1v) is 6.63. The van der Waals surface area contributed by atoms with Gasteiger partial charge in [0.15, 0.2) is 0 Å². The van der Waals surface area contributed by atoms with Gasteiger partial charge in [0.2, 0.25) is 0 Å². The number of aliphatic hydroxyl groups is 1. The van der Waals surface area contributed by atoms with E-state index in [1.165, 1.54) is 0 Å². The molecule has 0 bridgehead atoms. The molecule has 2 aromatic carbocycles. The molecule has 2 rings (SSSR count). The van der Waals surface area contributed by atoms with Crippen molar-refractivity contribution in [1.29, 1.82) is 0 Å². The molecular weight excluding hydrogens is 236 g/mol. The van der Waals surface area contributed by atoms with Gasteiger partial charge >= 0.3 is 0 Å². The van der Waals surface area contributed by atoms with Crippen LogP contribution < -0.4 is 0 Å². The molecule has 0 aliphatic carbocycles. The summed E-state index contributed by atoms with van der Waals surface area (Å²) in [5.41, 5.74) is 0.811. The van der Waals surface area contributed by atoms with Crippen LogP contribution in [0.5, 0.6) is 0 Å². The van der Waals surface area contributed by atoms with Crippen molar-refractivity contribution >= 4 is 10.8 Å². The van der Waals surface area contributed by atoms with Crippen molar-refractivity contribution in [3.05, 3.63) is 48.0 Å². The number of fused-ring (bicyclic) bond motifs is 1. The summed E-state index contributed by atoms with van der Waals surface area (Å²) in [6.07, 6.45) is -0.866. The van der Waals surface area contributed by atoms with Crippen LogP contribution in [-0.2, 0) is 4.74 Å². The van der Waals surface area contributed by atoms with Gasteiger partial charge in [-0.25, -0.2) is 0 Å². The van der Waals surface area contributed by atoms with E-state index in [0.717, 1.165) is 16.3 Å². The fraction of sp³-hybridized carbons (Fsp3) is 0.412. The molecule has 0 fully saturated rings. The van der Waals surface area contributed by atoms with Crippen molar-refractivity contribution in [2.45, 2.75) is 33.0 Å². The summed E-state index contributed by atoms with van der Waals surface area (Å²) >= 11 is 0. The van der Waals surface area contributed by atoms with Gasteiger partial charge in [-0.2, -0.15) is 0 Å². The largest absolute Gasteiger partial charge is 0.386 e. The Morgan fingerprint density at radius 1 is 1.00 bits per heavy atom. The maximum atomic E-state index is 10.7. The molecule has 0 amide bonds. The molecule has 0 heterocycles. The van der Waals surface area contributed by atoms with E-state index in [-0.39, 0.29) is 11.5 Å². The van der Waals surface area contributed by atoms with E-state index in [9.17, 15) is 5.11 Å². The number of hydrogen-bond donors (Lipinski definition) is 1. The Hall–Kier alpha value is -1.38. The molecule has 2 atom stereocenters. The van der Waals surface area contributed by atoms with Gasteiger partial charge in [-0.3, -0.25) is 0 Å². The zero-order chi connectivity index (χ0) is 14.0. The van der Waals surface area contributed by atoms with Crippen molar-refractivity contribution in [1.82, 2.24) is 0 Å². The van der Waals surface area contributed by atoms with Crippen LogP contribution in [0.15, 0.2) is 42.5 Å². The second-order valence-electron chi connectivity index (χ2n) is 6.04. The third-order valence-electron chi connectivity index (χ3n) is 3.54. The first-order valence-electron chi connectivity index (χ1n) is 6.63. The Morgan fingerprint density at radius 2 is 1.63 bits per heavy atom. The number of ether oxygens (including phenoxy) is 1. The van der Waals surface area contributed by atoms with Crippen LogP contribution >= 0.6 is 0 Å². The van der Waals surface area contributed by atoms with Crippen LogP contribution in [0, 0.1) is 5.41 Å². The van der Waals surface area contributed by atoms with Crippen LogP contribution in [0.3, 0.4) is 0 Å². The first kappa shape index (κ1) is 14.0. The van der Waals surface area contributed by atoms with E-state index in [0.29, 0.717) is 0 Å². The highest BCUT2D eigenvalue weighted by Crippen LogP contribution is 2.35. The molecule has 102 valence electrons. The highest BCUT2D eigenvalue weighted by Gasteiger charge is 2.32. The van der Waals surface area contributed by atoms with Gasteiger partial charge in [-0.1, -0.05) is 63.2 Å². The van der Waals surface area contributed by atoms with E-state index in [1.807, 2.05) is 30.3 Å². The standard InChI is InChI=1S/C17H22O2/c1-17(2,3)16(19-4)15(18)14-11-7-9-12-8-5-6-10-13(12)14/h5-11,15-16,18H,1-4H3. The summed E-state index contributed by atoms with van der Waals surface area (Å²) < 4.78 is 5.53. The second kappa shape index (κ2) is 5.32. The van der Waals surface area contributed by atoms with Crippen molar-refractivity contribution in [3.8, 4) is 0 Å². The third-order valence-corrected chi connectivity index (χ3v) is 3.54. The maximum Gasteiger partial charge on any atom is 0.106 e. The third kappa shape index (κ3) is 2.80. The molecule has 0 saturated carbocycles. The van der Waals surface area contributed by atoms with Gasteiger partial charge in [-0.15, -0.1) is 0 Å². The predicted molar refractivity (Wildman–Crippen MR) is 79.2 cm³/mol. The van der Waals surface area contributed by atoms with Gasteiger partial charge in [0.25, 0.3) is 0 Å². The van der Waals surface area contributed by atoms with Crippen LogP contribution in [-0.4, -0.2) is 18.3 Å². The Morgan fingerprint density at radius 3 is 2.26 bits per heavy atom. The molecule has 2 nitrogen and oxygen atoms in total. The summed E-state index contributed by atoms with van der Waals surface area (Å²) in [5, 5.41) is 12.9. The van der Waals surface area contributed by atoms with Gasteiger partial charge in [0.05, 0.1) is 6.10 Å². The Kier molecular flexibility index (Phi) is 3.93. The van der Waals surface area contributed by atoms with E-state index in [2.05, 4.69) is 32.9 Å². The summed E-state index contributed by atoms with van der Waals surface area (Å²) in [6, 6.07) is 14.1. The number of hydrogen-bond acceptors (Lipinski definition) is 2. The fourth-order valence-corrected chi connectivity index (χ4v) is 2.63. The van der Waals surface area contributed by atoms with Gasteiger partial charge in [0.1, 0.15) is 6.10 Å². The van der Waals surface area contributed by atoms with Gasteiger partial charge in [-0.05, 0) is 21.8 Å². The average molecular weight is 258 g/mol. The monoisotopic (exact) mass is 258 g/mol.